The van der Waals surface area contributed by atoms with Crippen LogP contribution >= 0.6 is 11.8 Å². The summed E-state index contributed by atoms with van der Waals surface area (Å²) in [5, 5.41) is 8.65. The first kappa shape index (κ1) is 16.3. The minimum Gasteiger partial charge on any atom is -0.383 e. The molecule has 2 aromatic heterocycles. The van der Waals surface area contributed by atoms with Crippen molar-refractivity contribution in [2.75, 3.05) is 5.73 Å². The minimum absolute atomic E-state index is 0.493. The Hall–Kier alpha value is -3.19. The van der Waals surface area contributed by atoms with E-state index in [1.807, 2.05) is 66.7 Å². The second kappa shape index (κ2) is 7.37. The number of aromatic amines is 1. The average molecular weight is 360 g/mol. The zero-order chi connectivity index (χ0) is 17.8. The lowest BCUT2D eigenvalue weighted by atomic mass is 10.2. The maximum Gasteiger partial charge on any atom is 0.209 e. The van der Waals surface area contributed by atoms with Crippen LogP contribution in [0.5, 0.6) is 0 Å². The minimum atomic E-state index is 0.493. The Morgan fingerprint density at radius 2 is 1.73 bits per heavy atom. The number of nitrogens with two attached hydrogens (primary N) is 1. The summed E-state index contributed by atoms with van der Waals surface area (Å²) in [5.41, 5.74) is 7.97. The van der Waals surface area contributed by atoms with Crippen molar-refractivity contribution >= 4 is 40.6 Å². The Bertz CT molecular complexity index is 1060. The van der Waals surface area contributed by atoms with Crippen molar-refractivity contribution in [3.05, 3.63) is 71.8 Å². The second-order valence-corrected chi connectivity index (χ2v) is 6.52. The van der Waals surface area contributed by atoms with Gasteiger partial charge in [0.2, 0.25) is 5.16 Å². The standard InChI is InChI=1S/C19H16N6S/c20-18-14-8-4-5-9-15(14)21-17(22-18)12-26-19-23-16(24-25-19)11-10-13-6-2-1-3-7-13/h1-11H,12H2,(H2,20,21,22)(H,23,24,25)/b11-10+. The molecule has 0 atom stereocenters. The summed E-state index contributed by atoms with van der Waals surface area (Å²) in [6.07, 6.45) is 3.89. The van der Waals surface area contributed by atoms with Gasteiger partial charge < -0.3 is 5.73 Å². The van der Waals surface area contributed by atoms with E-state index in [2.05, 4.69) is 25.1 Å². The number of hydrogen-bond acceptors (Lipinski definition) is 6. The highest BCUT2D eigenvalue weighted by atomic mass is 32.2. The van der Waals surface area contributed by atoms with Gasteiger partial charge in [-0.25, -0.2) is 15.0 Å². The Balaban J connectivity index is 1.44. The number of hydrogen-bond donors (Lipinski definition) is 2. The molecule has 0 aliphatic rings. The van der Waals surface area contributed by atoms with Crippen LogP contribution in [0.15, 0.2) is 59.8 Å². The van der Waals surface area contributed by atoms with E-state index in [1.165, 1.54) is 11.8 Å². The van der Waals surface area contributed by atoms with E-state index in [0.717, 1.165) is 16.5 Å². The molecule has 4 rings (SSSR count). The highest BCUT2D eigenvalue weighted by Gasteiger charge is 2.07. The zero-order valence-corrected chi connectivity index (χ0v) is 14.6. The molecule has 4 aromatic rings. The average Bonchev–Trinajstić information content (AvgIpc) is 3.14. The molecule has 0 aliphatic heterocycles. The third-order valence-electron chi connectivity index (χ3n) is 3.72. The van der Waals surface area contributed by atoms with Crippen LogP contribution in [0, 0.1) is 0 Å². The molecule has 0 unspecified atom stereocenters. The van der Waals surface area contributed by atoms with Gasteiger partial charge in [0, 0.05) is 5.39 Å². The van der Waals surface area contributed by atoms with Crippen molar-refractivity contribution in [2.24, 2.45) is 0 Å². The Kier molecular flexibility index (Phi) is 4.61. The number of H-pyrrole nitrogens is 1. The first-order valence-corrected chi connectivity index (χ1v) is 9.06. The van der Waals surface area contributed by atoms with Crippen molar-refractivity contribution < 1.29 is 0 Å². The first-order chi connectivity index (χ1) is 12.8. The van der Waals surface area contributed by atoms with Gasteiger partial charge >= 0.3 is 0 Å². The van der Waals surface area contributed by atoms with Crippen LogP contribution in [0.3, 0.4) is 0 Å². The van der Waals surface area contributed by atoms with Crippen LogP contribution in [-0.2, 0) is 5.75 Å². The molecule has 0 saturated carbocycles. The molecule has 0 saturated heterocycles. The summed E-state index contributed by atoms with van der Waals surface area (Å²) >= 11 is 1.47. The zero-order valence-electron chi connectivity index (χ0n) is 13.8. The van der Waals surface area contributed by atoms with Crippen molar-refractivity contribution in [1.82, 2.24) is 25.1 Å². The SMILES string of the molecule is Nc1nc(CSc2n[nH]c(/C=C/c3ccccc3)n2)nc2ccccc12. The lowest BCUT2D eigenvalue weighted by Crippen LogP contribution is -2.00. The Labute approximate surface area is 154 Å². The maximum absolute atomic E-state index is 6.02. The molecule has 0 amide bonds. The Morgan fingerprint density at radius 1 is 0.923 bits per heavy atom. The van der Waals surface area contributed by atoms with E-state index in [1.54, 1.807) is 0 Å². The van der Waals surface area contributed by atoms with Gasteiger partial charge in [0.05, 0.1) is 11.3 Å². The molecule has 0 bridgehead atoms. The number of nitrogens with one attached hydrogen (secondary N) is 1. The number of nitrogens with zero attached hydrogens (tertiary/aromatic N) is 4. The molecule has 128 valence electrons. The van der Waals surface area contributed by atoms with E-state index < -0.39 is 0 Å². The number of anilines is 1. The molecular formula is C19H16N6S. The molecule has 3 N–H and O–H groups in total. The van der Waals surface area contributed by atoms with E-state index in [-0.39, 0.29) is 0 Å². The van der Waals surface area contributed by atoms with Gasteiger partial charge in [-0.15, -0.1) is 5.10 Å². The number of thioether (sulfide) groups is 1. The number of fused-ring (bicyclic) bond motifs is 1. The topological polar surface area (TPSA) is 93.4 Å². The summed E-state index contributed by atoms with van der Waals surface area (Å²) in [4.78, 5) is 13.4. The van der Waals surface area contributed by atoms with Crippen molar-refractivity contribution in [3.63, 3.8) is 0 Å². The van der Waals surface area contributed by atoms with E-state index in [0.29, 0.717) is 28.4 Å². The van der Waals surface area contributed by atoms with Crippen LogP contribution in [-0.4, -0.2) is 25.1 Å². The van der Waals surface area contributed by atoms with Crippen molar-refractivity contribution in [2.45, 2.75) is 10.9 Å². The quantitative estimate of drug-likeness (QED) is 0.526. The van der Waals surface area contributed by atoms with Crippen LogP contribution in [0.4, 0.5) is 5.82 Å². The second-order valence-electron chi connectivity index (χ2n) is 5.58. The molecule has 2 heterocycles. The molecule has 2 aromatic carbocycles. The number of benzene rings is 2. The predicted octanol–water partition coefficient (Wildman–Crippen LogP) is 3.79. The molecule has 0 fully saturated rings. The smallest absolute Gasteiger partial charge is 0.209 e. The molecule has 0 spiro atoms. The summed E-state index contributed by atoms with van der Waals surface area (Å²) in [7, 11) is 0. The van der Waals surface area contributed by atoms with Crippen LogP contribution < -0.4 is 5.73 Å². The summed E-state index contributed by atoms with van der Waals surface area (Å²) in [5.74, 6) is 2.41. The van der Waals surface area contributed by atoms with Crippen molar-refractivity contribution in [1.29, 1.82) is 0 Å². The summed E-state index contributed by atoms with van der Waals surface area (Å²) in [6, 6.07) is 17.8. The molecular weight excluding hydrogens is 344 g/mol. The molecule has 7 heteroatoms. The highest BCUT2D eigenvalue weighted by molar-refractivity contribution is 7.98. The molecule has 26 heavy (non-hydrogen) atoms. The lowest BCUT2D eigenvalue weighted by Gasteiger charge is -2.03. The Morgan fingerprint density at radius 3 is 2.62 bits per heavy atom. The van der Waals surface area contributed by atoms with Crippen LogP contribution in [0.25, 0.3) is 23.1 Å². The first-order valence-electron chi connectivity index (χ1n) is 8.07. The predicted molar refractivity (Wildman–Crippen MR) is 105 cm³/mol. The molecule has 0 radical (unpaired) electrons. The van der Waals surface area contributed by atoms with Gasteiger partial charge in [-0.3, -0.25) is 5.10 Å². The van der Waals surface area contributed by atoms with Gasteiger partial charge in [0.25, 0.3) is 0 Å². The number of rotatable bonds is 5. The summed E-state index contributed by atoms with van der Waals surface area (Å²) < 4.78 is 0. The van der Waals surface area contributed by atoms with Gasteiger partial charge in [-0.2, -0.15) is 0 Å². The van der Waals surface area contributed by atoms with Crippen LogP contribution in [0.2, 0.25) is 0 Å². The third-order valence-corrected chi connectivity index (χ3v) is 4.57. The van der Waals surface area contributed by atoms with Gasteiger partial charge in [0.1, 0.15) is 17.5 Å². The molecule has 0 aliphatic carbocycles. The van der Waals surface area contributed by atoms with Gasteiger partial charge in [0.15, 0.2) is 0 Å². The third kappa shape index (κ3) is 3.73. The molecule has 6 nitrogen and oxygen atoms in total. The largest absolute Gasteiger partial charge is 0.383 e. The van der Waals surface area contributed by atoms with Crippen molar-refractivity contribution in [3.8, 4) is 0 Å². The fourth-order valence-electron chi connectivity index (χ4n) is 2.48. The van der Waals surface area contributed by atoms with Gasteiger partial charge in [-0.05, 0) is 23.8 Å². The normalized spacial score (nSPS) is 11.4. The summed E-state index contributed by atoms with van der Waals surface area (Å²) in [6.45, 7) is 0. The van der Waals surface area contributed by atoms with E-state index in [9.17, 15) is 0 Å². The van der Waals surface area contributed by atoms with Crippen LogP contribution in [0.1, 0.15) is 17.2 Å². The van der Waals surface area contributed by atoms with E-state index in [4.69, 9.17) is 5.73 Å². The number of para-hydroxylation sites is 1. The fourth-order valence-corrected chi connectivity index (χ4v) is 3.14. The monoisotopic (exact) mass is 360 g/mol. The van der Waals surface area contributed by atoms with Gasteiger partial charge in [-0.1, -0.05) is 60.3 Å². The fraction of sp³-hybridized carbons (Fsp3) is 0.0526. The van der Waals surface area contributed by atoms with E-state index >= 15 is 0 Å². The number of nitrogen functional groups attached to an aromatic ring is 1. The maximum atomic E-state index is 6.02. The lowest BCUT2D eigenvalue weighted by molar-refractivity contribution is 0.967. The highest BCUT2D eigenvalue weighted by Crippen LogP contribution is 2.22. The number of aromatic nitrogens is 5.